The Morgan fingerprint density at radius 2 is 2.11 bits per heavy atom. The van der Waals surface area contributed by atoms with Crippen LogP contribution in [0.15, 0.2) is 36.5 Å². The monoisotopic (exact) mass is 275 g/mol. The second kappa shape index (κ2) is 5.85. The number of pyridine rings is 1. The first kappa shape index (κ1) is 13.6. The van der Waals surface area contributed by atoms with Gasteiger partial charge in [-0.3, -0.25) is 4.79 Å². The molecule has 1 heterocycles. The third-order valence-corrected chi connectivity index (χ3v) is 3.00. The number of ketones is 1. The molecule has 0 saturated heterocycles. The van der Waals surface area contributed by atoms with Crippen LogP contribution in [0.25, 0.3) is 11.1 Å². The van der Waals surface area contributed by atoms with Crippen LogP contribution < -0.4 is 0 Å². The number of aromatic nitrogens is 1. The van der Waals surface area contributed by atoms with Crippen molar-refractivity contribution in [3.05, 3.63) is 47.2 Å². The van der Waals surface area contributed by atoms with E-state index >= 15 is 0 Å². The van der Waals surface area contributed by atoms with Gasteiger partial charge in [-0.15, -0.1) is 0 Å². The quantitative estimate of drug-likeness (QED) is 0.855. The fraction of sp³-hybridized carbons (Fsp3) is 0.200. The van der Waals surface area contributed by atoms with Crippen molar-refractivity contribution >= 4 is 17.4 Å². The average Bonchev–Trinajstić information content (AvgIpc) is 2.38. The lowest BCUT2D eigenvalue weighted by Crippen LogP contribution is -2.02. The number of benzene rings is 1. The van der Waals surface area contributed by atoms with E-state index in [2.05, 4.69) is 4.98 Å². The van der Waals surface area contributed by atoms with Crippen molar-refractivity contribution in [2.24, 2.45) is 0 Å². The molecule has 0 bridgehead atoms. The van der Waals surface area contributed by atoms with Crippen LogP contribution >= 0.6 is 11.6 Å². The smallest absolute Gasteiger partial charge is 0.184 e. The third kappa shape index (κ3) is 3.12. The summed E-state index contributed by atoms with van der Waals surface area (Å²) in [6.45, 7) is 1.91. The van der Waals surface area contributed by atoms with Crippen molar-refractivity contribution in [1.82, 2.24) is 4.98 Å². The van der Waals surface area contributed by atoms with Crippen molar-refractivity contribution in [3.8, 4) is 16.9 Å². The molecule has 0 atom stereocenters. The number of carbonyl (C=O) groups is 1. The van der Waals surface area contributed by atoms with Gasteiger partial charge in [0.25, 0.3) is 0 Å². The Kier molecular flexibility index (Phi) is 4.17. The molecule has 1 aromatic carbocycles. The third-order valence-electron chi connectivity index (χ3n) is 2.77. The maximum absolute atomic E-state index is 11.7. The van der Waals surface area contributed by atoms with E-state index < -0.39 is 0 Å². The Bertz CT molecular complexity index is 611. The number of halogens is 1. The van der Waals surface area contributed by atoms with E-state index in [1.165, 1.54) is 0 Å². The van der Waals surface area contributed by atoms with Gasteiger partial charge in [0.2, 0.25) is 0 Å². The highest BCUT2D eigenvalue weighted by Crippen LogP contribution is 2.27. The molecule has 0 aliphatic carbocycles. The summed E-state index contributed by atoms with van der Waals surface area (Å²) in [5, 5.41) is 10.5. The van der Waals surface area contributed by atoms with Gasteiger partial charge in [0.15, 0.2) is 5.78 Å². The number of rotatable bonds is 4. The molecule has 0 amide bonds. The van der Waals surface area contributed by atoms with Crippen molar-refractivity contribution in [2.45, 2.75) is 19.8 Å². The van der Waals surface area contributed by atoms with Gasteiger partial charge in [-0.2, -0.15) is 0 Å². The van der Waals surface area contributed by atoms with Crippen LogP contribution in [0.1, 0.15) is 30.3 Å². The maximum atomic E-state index is 11.7. The summed E-state index contributed by atoms with van der Waals surface area (Å²) in [4.78, 5) is 15.8. The molecule has 1 N–H and O–H groups in total. The number of Topliss-reactive ketones (excluding diaryl/α,β-unsaturated/α-hetero) is 1. The van der Waals surface area contributed by atoms with Gasteiger partial charge in [-0.25, -0.2) is 4.98 Å². The fourth-order valence-corrected chi connectivity index (χ4v) is 2.03. The predicted octanol–water partition coefficient (Wildman–Crippen LogP) is 4.09. The lowest BCUT2D eigenvalue weighted by atomic mass is 10.1. The highest BCUT2D eigenvalue weighted by molar-refractivity contribution is 6.30. The summed E-state index contributed by atoms with van der Waals surface area (Å²) in [7, 11) is 0. The summed E-state index contributed by atoms with van der Waals surface area (Å²) in [6, 6.07) is 8.80. The van der Waals surface area contributed by atoms with Gasteiger partial charge in [-0.05, 0) is 30.2 Å². The van der Waals surface area contributed by atoms with E-state index in [1.807, 2.05) is 19.1 Å². The minimum atomic E-state index is -0.141. The molecule has 0 saturated carbocycles. The molecule has 3 nitrogen and oxygen atoms in total. The van der Waals surface area contributed by atoms with Gasteiger partial charge >= 0.3 is 0 Å². The number of hydrogen-bond donors (Lipinski definition) is 1. The SMILES string of the molecule is CCCC(=O)c1ncc(-c2cccc(Cl)c2)cc1O. The van der Waals surface area contributed by atoms with Crippen LogP contribution in [0.5, 0.6) is 5.75 Å². The average molecular weight is 276 g/mol. The van der Waals surface area contributed by atoms with Crippen LogP contribution in [-0.2, 0) is 0 Å². The van der Waals surface area contributed by atoms with E-state index in [9.17, 15) is 9.90 Å². The Labute approximate surface area is 116 Å². The zero-order valence-corrected chi connectivity index (χ0v) is 11.3. The first-order valence-corrected chi connectivity index (χ1v) is 6.47. The van der Waals surface area contributed by atoms with Crippen molar-refractivity contribution < 1.29 is 9.90 Å². The molecule has 98 valence electrons. The molecule has 1 aromatic heterocycles. The second-order valence-electron chi connectivity index (χ2n) is 4.28. The number of nitrogens with zero attached hydrogens (tertiary/aromatic N) is 1. The highest BCUT2D eigenvalue weighted by atomic mass is 35.5. The van der Waals surface area contributed by atoms with Crippen LogP contribution in [0, 0.1) is 0 Å². The Morgan fingerprint density at radius 1 is 1.32 bits per heavy atom. The van der Waals surface area contributed by atoms with Crippen LogP contribution in [0.4, 0.5) is 0 Å². The lowest BCUT2D eigenvalue weighted by molar-refractivity contribution is 0.0974. The maximum Gasteiger partial charge on any atom is 0.184 e. The summed E-state index contributed by atoms with van der Waals surface area (Å²) in [5.41, 5.74) is 1.71. The van der Waals surface area contributed by atoms with Crippen molar-refractivity contribution in [1.29, 1.82) is 0 Å². The summed E-state index contributed by atoms with van der Waals surface area (Å²) in [5.74, 6) is -0.228. The minimum absolute atomic E-state index is 0.0871. The van der Waals surface area contributed by atoms with Gasteiger partial charge in [-0.1, -0.05) is 30.7 Å². The Morgan fingerprint density at radius 3 is 2.74 bits per heavy atom. The lowest BCUT2D eigenvalue weighted by Gasteiger charge is -2.06. The van der Waals surface area contributed by atoms with Gasteiger partial charge < -0.3 is 5.11 Å². The zero-order chi connectivity index (χ0) is 13.8. The molecular weight excluding hydrogens is 262 g/mol. The van der Waals surface area contributed by atoms with Gasteiger partial charge in [0, 0.05) is 23.2 Å². The number of aromatic hydroxyl groups is 1. The summed E-state index contributed by atoms with van der Waals surface area (Å²) >= 11 is 5.92. The zero-order valence-electron chi connectivity index (χ0n) is 10.6. The molecule has 0 fully saturated rings. The normalized spacial score (nSPS) is 10.4. The Balaban J connectivity index is 2.36. The first-order valence-electron chi connectivity index (χ1n) is 6.10. The largest absolute Gasteiger partial charge is 0.506 e. The molecule has 4 heteroatoms. The highest BCUT2D eigenvalue weighted by Gasteiger charge is 2.13. The second-order valence-corrected chi connectivity index (χ2v) is 4.71. The van der Waals surface area contributed by atoms with E-state index in [0.29, 0.717) is 11.4 Å². The van der Waals surface area contributed by atoms with E-state index in [-0.39, 0.29) is 17.2 Å². The summed E-state index contributed by atoms with van der Waals surface area (Å²) < 4.78 is 0. The van der Waals surface area contributed by atoms with Crippen LogP contribution in [0.2, 0.25) is 5.02 Å². The molecule has 2 rings (SSSR count). The molecule has 0 radical (unpaired) electrons. The van der Waals surface area contributed by atoms with Crippen LogP contribution in [-0.4, -0.2) is 15.9 Å². The molecule has 19 heavy (non-hydrogen) atoms. The van der Waals surface area contributed by atoms with E-state index in [0.717, 1.165) is 17.5 Å². The number of hydrogen-bond acceptors (Lipinski definition) is 3. The fourth-order valence-electron chi connectivity index (χ4n) is 1.84. The molecular formula is C15H14ClNO2. The predicted molar refractivity (Wildman–Crippen MR) is 75.6 cm³/mol. The Hall–Kier alpha value is -1.87. The molecule has 0 unspecified atom stereocenters. The molecule has 0 spiro atoms. The van der Waals surface area contributed by atoms with Crippen molar-refractivity contribution in [3.63, 3.8) is 0 Å². The van der Waals surface area contributed by atoms with Gasteiger partial charge in [0.05, 0.1) is 0 Å². The van der Waals surface area contributed by atoms with E-state index in [1.54, 1.807) is 24.4 Å². The van der Waals surface area contributed by atoms with Crippen LogP contribution in [0.3, 0.4) is 0 Å². The minimum Gasteiger partial charge on any atom is -0.506 e. The van der Waals surface area contributed by atoms with E-state index in [4.69, 9.17) is 11.6 Å². The number of carbonyl (C=O) groups excluding carboxylic acids is 1. The standard InChI is InChI=1S/C15H14ClNO2/c1-2-4-13(18)15-14(19)8-11(9-17-15)10-5-3-6-12(16)7-10/h3,5-9,19H,2,4H2,1H3. The molecule has 2 aromatic rings. The molecule has 0 aliphatic heterocycles. The molecule has 0 aliphatic rings. The topological polar surface area (TPSA) is 50.2 Å². The van der Waals surface area contributed by atoms with Gasteiger partial charge in [0.1, 0.15) is 11.4 Å². The van der Waals surface area contributed by atoms with Crippen molar-refractivity contribution in [2.75, 3.05) is 0 Å². The summed E-state index contributed by atoms with van der Waals surface area (Å²) in [6.07, 6.45) is 2.70. The first-order chi connectivity index (χ1) is 9.11.